The molecular formula is C9H14O2. The predicted octanol–water partition coefficient (Wildman–Crippen LogP) is 1.39. The number of ether oxygens (including phenoxy) is 1. The van der Waals surface area contributed by atoms with Crippen molar-refractivity contribution < 1.29 is 9.53 Å². The van der Waals surface area contributed by atoms with Crippen LogP contribution in [-0.4, -0.2) is 19.0 Å². The van der Waals surface area contributed by atoms with Crippen molar-refractivity contribution in [3.8, 4) is 0 Å². The number of hydrogen-bond donors (Lipinski definition) is 0. The van der Waals surface area contributed by atoms with E-state index in [1.165, 1.54) is 6.42 Å². The summed E-state index contributed by atoms with van der Waals surface area (Å²) >= 11 is 0. The Bertz CT molecular complexity index is 176. The van der Waals surface area contributed by atoms with Gasteiger partial charge in [-0.2, -0.15) is 0 Å². The molecule has 3 aliphatic carbocycles. The lowest BCUT2D eigenvalue weighted by atomic mass is 9.68. The van der Waals surface area contributed by atoms with Gasteiger partial charge in [0.2, 0.25) is 0 Å². The second-order valence-electron chi connectivity index (χ2n) is 3.73. The van der Waals surface area contributed by atoms with Gasteiger partial charge in [-0.15, -0.1) is 0 Å². The molecule has 3 unspecified atom stereocenters. The van der Waals surface area contributed by atoms with E-state index in [1.54, 1.807) is 7.11 Å². The zero-order valence-corrected chi connectivity index (χ0v) is 6.88. The van der Waals surface area contributed by atoms with Gasteiger partial charge < -0.3 is 4.74 Å². The molecule has 0 N–H and O–H groups in total. The van der Waals surface area contributed by atoms with E-state index in [2.05, 4.69) is 0 Å². The summed E-state index contributed by atoms with van der Waals surface area (Å²) in [6.45, 7) is 0. The van der Waals surface area contributed by atoms with E-state index in [4.69, 9.17) is 4.74 Å². The van der Waals surface area contributed by atoms with Crippen LogP contribution in [0.4, 0.5) is 0 Å². The van der Waals surface area contributed by atoms with Crippen LogP contribution in [0.5, 0.6) is 0 Å². The van der Waals surface area contributed by atoms with E-state index in [0.717, 1.165) is 19.3 Å². The summed E-state index contributed by atoms with van der Waals surface area (Å²) < 4.78 is 5.27. The number of carbonyl (C=O) groups excluding carboxylic acids is 1. The smallest absolute Gasteiger partial charge is 0.138 e. The number of carbonyl (C=O) groups is 1. The van der Waals surface area contributed by atoms with Crippen LogP contribution >= 0.6 is 0 Å². The maximum Gasteiger partial charge on any atom is 0.138 e. The fourth-order valence-electron chi connectivity index (χ4n) is 2.46. The van der Waals surface area contributed by atoms with Crippen LogP contribution in [0.1, 0.15) is 25.7 Å². The van der Waals surface area contributed by atoms with Gasteiger partial charge in [0.1, 0.15) is 5.78 Å². The van der Waals surface area contributed by atoms with Gasteiger partial charge in [-0.3, -0.25) is 4.79 Å². The second-order valence-corrected chi connectivity index (χ2v) is 3.73. The number of ketones is 1. The van der Waals surface area contributed by atoms with Crippen LogP contribution in [0.25, 0.3) is 0 Å². The van der Waals surface area contributed by atoms with Crippen molar-refractivity contribution in [2.24, 2.45) is 11.8 Å². The van der Waals surface area contributed by atoms with Crippen molar-refractivity contribution >= 4 is 5.78 Å². The van der Waals surface area contributed by atoms with Crippen molar-refractivity contribution in [2.45, 2.75) is 31.8 Å². The van der Waals surface area contributed by atoms with Gasteiger partial charge in [-0.25, -0.2) is 0 Å². The Hall–Kier alpha value is -0.370. The highest BCUT2D eigenvalue weighted by molar-refractivity contribution is 5.83. The van der Waals surface area contributed by atoms with Crippen molar-refractivity contribution in [2.75, 3.05) is 7.11 Å². The number of Topliss-reactive ketones (excluding diaryl/α,β-unsaturated/α-hetero) is 1. The number of methoxy groups -OCH3 is 1. The first-order valence-corrected chi connectivity index (χ1v) is 4.36. The largest absolute Gasteiger partial charge is 0.381 e. The Morgan fingerprint density at radius 3 is 2.73 bits per heavy atom. The lowest BCUT2D eigenvalue weighted by Crippen LogP contribution is -2.42. The molecule has 62 valence electrons. The Kier molecular flexibility index (Phi) is 1.72. The normalized spacial score (nSPS) is 43.0. The summed E-state index contributed by atoms with van der Waals surface area (Å²) in [5, 5.41) is 0. The molecule has 0 aromatic rings. The van der Waals surface area contributed by atoms with Gasteiger partial charge in [0, 0.05) is 19.4 Å². The van der Waals surface area contributed by atoms with E-state index in [1.807, 2.05) is 0 Å². The Balaban J connectivity index is 2.13. The molecule has 2 nitrogen and oxygen atoms in total. The average Bonchev–Trinajstić information content (AvgIpc) is 2.04. The van der Waals surface area contributed by atoms with Crippen molar-refractivity contribution in [1.29, 1.82) is 0 Å². The molecule has 3 fully saturated rings. The van der Waals surface area contributed by atoms with E-state index < -0.39 is 0 Å². The van der Waals surface area contributed by atoms with Gasteiger partial charge in [0.05, 0.1) is 6.10 Å². The maximum absolute atomic E-state index is 11.3. The third-order valence-corrected chi connectivity index (χ3v) is 3.11. The Morgan fingerprint density at radius 1 is 1.45 bits per heavy atom. The highest BCUT2D eigenvalue weighted by atomic mass is 16.5. The summed E-state index contributed by atoms with van der Waals surface area (Å²) in [4.78, 5) is 11.3. The minimum Gasteiger partial charge on any atom is -0.381 e. The number of hydrogen-bond acceptors (Lipinski definition) is 2. The van der Waals surface area contributed by atoms with Crippen molar-refractivity contribution in [3.05, 3.63) is 0 Å². The Morgan fingerprint density at radius 2 is 2.27 bits per heavy atom. The summed E-state index contributed by atoms with van der Waals surface area (Å²) in [6.07, 6.45) is 4.50. The lowest BCUT2D eigenvalue weighted by Gasteiger charge is -2.40. The molecule has 3 saturated carbocycles. The first kappa shape index (κ1) is 7.29. The molecule has 0 amide bonds. The molecule has 0 spiro atoms. The highest BCUT2D eigenvalue weighted by Crippen LogP contribution is 2.40. The van der Waals surface area contributed by atoms with E-state index in [9.17, 15) is 4.79 Å². The topological polar surface area (TPSA) is 26.3 Å². The van der Waals surface area contributed by atoms with Crippen molar-refractivity contribution in [3.63, 3.8) is 0 Å². The minimum absolute atomic E-state index is 0.241. The molecule has 0 aromatic carbocycles. The van der Waals surface area contributed by atoms with E-state index in [0.29, 0.717) is 11.7 Å². The minimum atomic E-state index is 0.241. The molecule has 0 saturated heterocycles. The molecule has 2 bridgehead atoms. The van der Waals surface area contributed by atoms with E-state index >= 15 is 0 Å². The first-order chi connectivity index (χ1) is 5.31. The third-order valence-electron chi connectivity index (χ3n) is 3.11. The second kappa shape index (κ2) is 2.59. The molecule has 3 rings (SSSR count). The van der Waals surface area contributed by atoms with Crippen LogP contribution in [-0.2, 0) is 9.53 Å². The summed E-state index contributed by atoms with van der Waals surface area (Å²) in [5.74, 6) is 1.32. The third kappa shape index (κ3) is 1.09. The molecule has 0 aliphatic heterocycles. The van der Waals surface area contributed by atoms with Crippen LogP contribution in [0.15, 0.2) is 0 Å². The molecule has 0 heterocycles. The van der Waals surface area contributed by atoms with Gasteiger partial charge >= 0.3 is 0 Å². The lowest BCUT2D eigenvalue weighted by molar-refractivity contribution is -0.138. The predicted molar refractivity (Wildman–Crippen MR) is 41.3 cm³/mol. The zero-order chi connectivity index (χ0) is 7.84. The van der Waals surface area contributed by atoms with Crippen LogP contribution < -0.4 is 0 Å². The molecule has 2 heteroatoms. The SMILES string of the molecule is COC1CC2CCC1C(=O)C2. The van der Waals surface area contributed by atoms with Crippen LogP contribution in [0, 0.1) is 11.8 Å². The molecule has 3 aliphatic rings. The fraction of sp³-hybridized carbons (Fsp3) is 0.889. The van der Waals surface area contributed by atoms with Gasteiger partial charge in [0.15, 0.2) is 0 Å². The summed E-state index contributed by atoms with van der Waals surface area (Å²) in [7, 11) is 1.72. The standard InChI is InChI=1S/C9H14O2/c1-11-9-5-6-2-3-7(9)8(10)4-6/h6-7,9H,2-5H2,1H3. The average molecular weight is 154 g/mol. The Labute approximate surface area is 66.9 Å². The van der Waals surface area contributed by atoms with E-state index in [-0.39, 0.29) is 12.0 Å². The summed E-state index contributed by atoms with van der Waals surface area (Å²) in [5.41, 5.74) is 0. The monoisotopic (exact) mass is 154 g/mol. The van der Waals surface area contributed by atoms with Crippen LogP contribution in [0.2, 0.25) is 0 Å². The number of fused-ring (bicyclic) bond motifs is 3. The van der Waals surface area contributed by atoms with Crippen LogP contribution in [0.3, 0.4) is 0 Å². The fourth-order valence-corrected chi connectivity index (χ4v) is 2.46. The maximum atomic E-state index is 11.3. The molecule has 0 radical (unpaired) electrons. The quantitative estimate of drug-likeness (QED) is 0.570. The first-order valence-electron chi connectivity index (χ1n) is 4.36. The summed E-state index contributed by atoms with van der Waals surface area (Å²) in [6, 6.07) is 0. The van der Waals surface area contributed by atoms with Crippen molar-refractivity contribution in [1.82, 2.24) is 0 Å². The van der Waals surface area contributed by atoms with Gasteiger partial charge in [-0.1, -0.05) is 0 Å². The molecular weight excluding hydrogens is 140 g/mol. The van der Waals surface area contributed by atoms with Gasteiger partial charge in [0.25, 0.3) is 0 Å². The molecule has 0 aromatic heterocycles. The highest BCUT2D eigenvalue weighted by Gasteiger charge is 2.41. The zero-order valence-electron chi connectivity index (χ0n) is 6.88. The van der Waals surface area contributed by atoms with Gasteiger partial charge in [-0.05, 0) is 25.2 Å². The number of rotatable bonds is 1. The molecule has 11 heavy (non-hydrogen) atoms. The molecule has 3 atom stereocenters.